The van der Waals surface area contributed by atoms with E-state index in [1.165, 1.54) is 18.2 Å². The first-order valence-electron chi connectivity index (χ1n) is 9.42. The minimum absolute atomic E-state index is 0.0822. The molecule has 2 aromatic rings. The highest BCUT2D eigenvalue weighted by molar-refractivity contribution is 7.99. The lowest BCUT2D eigenvalue weighted by molar-refractivity contribution is -0.147. The molecule has 1 aliphatic rings. The average Bonchev–Trinajstić information content (AvgIpc) is 3.11. The second kappa shape index (κ2) is 10.4. The highest BCUT2D eigenvalue weighted by atomic mass is 32.2. The Morgan fingerprint density at radius 3 is 2.74 bits per heavy atom. The Labute approximate surface area is 163 Å². The van der Waals surface area contributed by atoms with Crippen molar-refractivity contribution in [3.05, 3.63) is 24.5 Å². The number of hydrogen-bond donors (Lipinski definition) is 0. The Morgan fingerprint density at radius 2 is 2.00 bits per heavy atom. The molecule has 0 unspecified atom stereocenters. The lowest BCUT2D eigenvalue weighted by atomic mass is 9.98. The third-order valence-corrected chi connectivity index (χ3v) is 5.50. The first-order valence-corrected chi connectivity index (χ1v) is 10.4. The standard InChI is InChI=1S/C19H26N4O3S/c1-25-13-5-12-23-18(15-8-10-20-11-9-15)21-22-19(23)27-14-17(24)26-16-6-3-2-4-7-16/h8-11,16H,2-7,12-14H2,1H3. The molecular weight excluding hydrogens is 364 g/mol. The van der Waals surface area contributed by atoms with E-state index in [1.807, 2.05) is 16.7 Å². The SMILES string of the molecule is COCCCn1c(SCC(=O)OC2CCCCC2)nnc1-c1ccncc1. The van der Waals surface area contributed by atoms with Crippen LogP contribution >= 0.6 is 11.8 Å². The fraction of sp³-hybridized carbons (Fsp3) is 0.579. The zero-order valence-corrected chi connectivity index (χ0v) is 16.5. The summed E-state index contributed by atoms with van der Waals surface area (Å²) >= 11 is 1.38. The van der Waals surface area contributed by atoms with Crippen molar-refractivity contribution in [3.8, 4) is 11.4 Å². The van der Waals surface area contributed by atoms with E-state index in [-0.39, 0.29) is 17.8 Å². The number of pyridine rings is 1. The van der Waals surface area contributed by atoms with Crippen molar-refractivity contribution < 1.29 is 14.3 Å². The molecule has 146 valence electrons. The summed E-state index contributed by atoms with van der Waals surface area (Å²) in [6.07, 6.45) is 9.89. The lowest BCUT2D eigenvalue weighted by Gasteiger charge is -2.21. The highest BCUT2D eigenvalue weighted by Gasteiger charge is 2.20. The van der Waals surface area contributed by atoms with Crippen LogP contribution in [0, 0.1) is 0 Å². The number of nitrogens with zero attached hydrogens (tertiary/aromatic N) is 4. The summed E-state index contributed by atoms with van der Waals surface area (Å²) in [6, 6.07) is 3.81. The molecule has 0 N–H and O–H groups in total. The number of methoxy groups -OCH3 is 1. The molecule has 0 bridgehead atoms. The van der Waals surface area contributed by atoms with Crippen LogP contribution in [0.4, 0.5) is 0 Å². The molecule has 1 aliphatic carbocycles. The zero-order valence-electron chi connectivity index (χ0n) is 15.7. The molecule has 0 radical (unpaired) electrons. The number of thioether (sulfide) groups is 1. The molecule has 1 fully saturated rings. The molecule has 7 nitrogen and oxygen atoms in total. The molecule has 2 heterocycles. The maximum Gasteiger partial charge on any atom is 0.316 e. The van der Waals surface area contributed by atoms with Crippen molar-refractivity contribution in [3.63, 3.8) is 0 Å². The summed E-state index contributed by atoms with van der Waals surface area (Å²) in [4.78, 5) is 16.3. The summed E-state index contributed by atoms with van der Waals surface area (Å²) in [5.74, 6) is 0.843. The molecule has 0 saturated heterocycles. The predicted octanol–water partition coefficient (Wildman–Crippen LogP) is 3.34. The first-order chi connectivity index (χ1) is 13.3. The number of ether oxygens (including phenoxy) is 2. The van der Waals surface area contributed by atoms with Gasteiger partial charge in [0.15, 0.2) is 11.0 Å². The van der Waals surface area contributed by atoms with Gasteiger partial charge in [-0.3, -0.25) is 9.78 Å². The van der Waals surface area contributed by atoms with Gasteiger partial charge in [0.2, 0.25) is 0 Å². The fourth-order valence-electron chi connectivity index (χ4n) is 3.20. The molecule has 3 rings (SSSR count). The minimum atomic E-state index is -0.177. The molecule has 0 aromatic carbocycles. The topological polar surface area (TPSA) is 79.1 Å². The smallest absolute Gasteiger partial charge is 0.316 e. The van der Waals surface area contributed by atoms with Gasteiger partial charge in [0.25, 0.3) is 0 Å². The quantitative estimate of drug-likeness (QED) is 0.369. The molecule has 0 amide bonds. The predicted molar refractivity (Wildman–Crippen MR) is 103 cm³/mol. The van der Waals surface area contributed by atoms with Crippen LogP contribution in [0.25, 0.3) is 11.4 Å². The van der Waals surface area contributed by atoms with Crippen molar-refractivity contribution in [2.75, 3.05) is 19.5 Å². The Balaban J connectivity index is 1.64. The van der Waals surface area contributed by atoms with Crippen LogP contribution in [-0.4, -0.2) is 51.3 Å². The van der Waals surface area contributed by atoms with Crippen LogP contribution in [0.3, 0.4) is 0 Å². The third kappa shape index (κ3) is 5.77. The van der Waals surface area contributed by atoms with Crippen LogP contribution in [0.15, 0.2) is 29.7 Å². The van der Waals surface area contributed by atoms with Crippen LogP contribution in [0.1, 0.15) is 38.5 Å². The fourth-order valence-corrected chi connectivity index (χ4v) is 3.95. The highest BCUT2D eigenvalue weighted by Crippen LogP contribution is 2.25. The molecular formula is C19H26N4O3S. The Hall–Kier alpha value is -1.93. The van der Waals surface area contributed by atoms with Gasteiger partial charge in [-0.25, -0.2) is 0 Å². The Bertz CT molecular complexity index is 717. The van der Waals surface area contributed by atoms with Crippen molar-refractivity contribution in [1.29, 1.82) is 0 Å². The van der Waals surface area contributed by atoms with E-state index < -0.39 is 0 Å². The van der Waals surface area contributed by atoms with Crippen LogP contribution < -0.4 is 0 Å². The Morgan fingerprint density at radius 1 is 1.22 bits per heavy atom. The summed E-state index contributed by atoms with van der Waals surface area (Å²) < 4.78 is 12.8. The van der Waals surface area contributed by atoms with Crippen molar-refractivity contribution in [2.45, 2.75) is 56.3 Å². The number of rotatable bonds is 9. The minimum Gasteiger partial charge on any atom is -0.462 e. The van der Waals surface area contributed by atoms with E-state index in [0.29, 0.717) is 6.61 Å². The average molecular weight is 391 g/mol. The van der Waals surface area contributed by atoms with Gasteiger partial charge in [-0.05, 0) is 44.2 Å². The van der Waals surface area contributed by atoms with Gasteiger partial charge in [-0.2, -0.15) is 0 Å². The van der Waals surface area contributed by atoms with E-state index in [0.717, 1.165) is 55.2 Å². The normalized spacial score (nSPS) is 15.0. The van der Waals surface area contributed by atoms with E-state index in [2.05, 4.69) is 15.2 Å². The van der Waals surface area contributed by atoms with Gasteiger partial charge in [0, 0.05) is 38.2 Å². The van der Waals surface area contributed by atoms with Crippen molar-refractivity contribution >= 4 is 17.7 Å². The summed E-state index contributed by atoms with van der Waals surface area (Å²) in [7, 11) is 1.69. The number of hydrogen-bond acceptors (Lipinski definition) is 7. The van der Waals surface area contributed by atoms with Gasteiger partial charge in [-0.1, -0.05) is 18.2 Å². The van der Waals surface area contributed by atoms with E-state index in [1.54, 1.807) is 19.5 Å². The number of esters is 1. The summed E-state index contributed by atoms with van der Waals surface area (Å²) in [5.41, 5.74) is 0.951. The third-order valence-electron chi connectivity index (χ3n) is 4.55. The molecule has 1 saturated carbocycles. The number of carbonyl (C=O) groups is 1. The molecule has 27 heavy (non-hydrogen) atoms. The van der Waals surface area contributed by atoms with Crippen LogP contribution in [-0.2, 0) is 20.8 Å². The van der Waals surface area contributed by atoms with Crippen LogP contribution in [0.2, 0.25) is 0 Å². The van der Waals surface area contributed by atoms with Gasteiger partial charge < -0.3 is 14.0 Å². The molecule has 0 aliphatic heterocycles. The largest absolute Gasteiger partial charge is 0.462 e. The van der Waals surface area contributed by atoms with Gasteiger partial charge in [0.1, 0.15) is 6.10 Å². The van der Waals surface area contributed by atoms with Gasteiger partial charge >= 0.3 is 5.97 Å². The number of carbonyl (C=O) groups excluding carboxylic acids is 1. The van der Waals surface area contributed by atoms with E-state index in [9.17, 15) is 4.79 Å². The molecule has 2 aromatic heterocycles. The first kappa shape index (κ1) is 19.8. The molecule has 0 spiro atoms. The Kier molecular flexibility index (Phi) is 7.65. The van der Waals surface area contributed by atoms with Crippen LogP contribution in [0.5, 0.6) is 0 Å². The summed E-state index contributed by atoms with van der Waals surface area (Å²) in [6.45, 7) is 1.38. The monoisotopic (exact) mass is 390 g/mol. The number of aromatic nitrogens is 4. The van der Waals surface area contributed by atoms with Crippen molar-refractivity contribution in [2.24, 2.45) is 0 Å². The second-order valence-corrected chi connectivity index (χ2v) is 7.52. The summed E-state index contributed by atoms with van der Waals surface area (Å²) in [5, 5.41) is 9.35. The van der Waals surface area contributed by atoms with Crippen molar-refractivity contribution in [1.82, 2.24) is 19.7 Å². The van der Waals surface area contributed by atoms with Gasteiger partial charge in [0.05, 0.1) is 5.75 Å². The zero-order chi connectivity index (χ0) is 18.9. The second-order valence-electron chi connectivity index (χ2n) is 6.58. The maximum atomic E-state index is 12.2. The maximum absolute atomic E-state index is 12.2. The molecule has 8 heteroatoms. The van der Waals surface area contributed by atoms with Gasteiger partial charge in [-0.15, -0.1) is 10.2 Å². The van der Waals surface area contributed by atoms with E-state index >= 15 is 0 Å². The molecule has 0 atom stereocenters. The lowest BCUT2D eigenvalue weighted by Crippen LogP contribution is -2.22. The van der Waals surface area contributed by atoms with E-state index in [4.69, 9.17) is 9.47 Å².